The first-order valence-electron chi connectivity index (χ1n) is 9.31. The van der Waals surface area contributed by atoms with Gasteiger partial charge in [-0.15, -0.1) is 0 Å². The van der Waals surface area contributed by atoms with Gasteiger partial charge in [-0.2, -0.15) is 0 Å². The summed E-state index contributed by atoms with van der Waals surface area (Å²) in [6, 6.07) is 19.4. The molecule has 0 aliphatic carbocycles. The lowest BCUT2D eigenvalue weighted by Crippen LogP contribution is -2.11. The fourth-order valence-electron chi connectivity index (χ4n) is 3.05. The minimum atomic E-state index is -0.397. The van der Waals surface area contributed by atoms with E-state index in [0.717, 1.165) is 16.5 Å². The number of aryl methyl sites for hydroxylation is 1. The summed E-state index contributed by atoms with van der Waals surface area (Å²) in [4.78, 5) is 23.9. The minimum absolute atomic E-state index is 0.283. The number of ether oxygens (including phenoxy) is 1. The summed E-state index contributed by atoms with van der Waals surface area (Å²) in [7, 11) is 0. The third-order valence-corrected chi connectivity index (χ3v) is 4.65. The van der Waals surface area contributed by atoms with Crippen molar-refractivity contribution in [3.8, 4) is 5.75 Å². The summed E-state index contributed by atoms with van der Waals surface area (Å²) < 4.78 is 24.0. The summed E-state index contributed by atoms with van der Waals surface area (Å²) >= 11 is 0. The number of halogens is 1. The molecule has 6 heteroatoms. The van der Waals surface area contributed by atoms with Crippen LogP contribution in [-0.2, 0) is 6.61 Å². The normalized spacial score (nSPS) is 10.7. The first-order chi connectivity index (χ1) is 14.5. The molecule has 0 atom stereocenters. The Balaban J connectivity index is 1.41. The van der Waals surface area contributed by atoms with Gasteiger partial charge in [-0.3, -0.25) is 4.79 Å². The van der Waals surface area contributed by atoms with Gasteiger partial charge in [0.2, 0.25) is 0 Å². The van der Waals surface area contributed by atoms with Crippen molar-refractivity contribution < 1.29 is 18.3 Å². The molecular weight excluding hydrogens is 385 g/mol. The zero-order valence-corrected chi connectivity index (χ0v) is 16.1. The summed E-state index contributed by atoms with van der Waals surface area (Å²) in [5.74, 6) is -0.0653. The molecule has 1 heterocycles. The average molecular weight is 403 g/mol. The number of hydrogen-bond donors (Lipinski definition) is 1. The van der Waals surface area contributed by atoms with E-state index >= 15 is 0 Å². The lowest BCUT2D eigenvalue weighted by atomic mass is 10.1. The van der Waals surface area contributed by atoms with Gasteiger partial charge in [0, 0.05) is 28.8 Å². The van der Waals surface area contributed by atoms with E-state index in [4.69, 9.17) is 9.15 Å². The van der Waals surface area contributed by atoms with Crippen molar-refractivity contribution in [1.82, 2.24) is 0 Å². The largest absolute Gasteiger partial charge is 0.489 e. The van der Waals surface area contributed by atoms with Gasteiger partial charge in [0.15, 0.2) is 0 Å². The number of fused-ring (bicyclic) bond motifs is 1. The monoisotopic (exact) mass is 403 g/mol. The van der Waals surface area contributed by atoms with Crippen molar-refractivity contribution in [2.75, 3.05) is 5.32 Å². The number of anilines is 1. The van der Waals surface area contributed by atoms with E-state index in [1.807, 2.05) is 19.1 Å². The van der Waals surface area contributed by atoms with Crippen LogP contribution in [-0.4, -0.2) is 5.91 Å². The van der Waals surface area contributed by atoms with Crippen molar-refractivity contribution in [2.45, 2.75) is 13.5 Å². The van der Waals surface area contributed by atoms with E-state index in [9.17, 15) is 14.0 Å². The number of carbonyl (C=O) groups excluding carboxylic acids is 1. The van der Waals surface area contributed by atoms with Gasteiger partial charge in [-0.1, -0.05) is 12.1 Å². The molecule has 1 N–H and O–H groups in total. The molecule has 5 nitrogen and oxygen atoms in total. The fraction of sp³-hybridized carbons (Fsp3) is 0.0833. The number of carbonyl (C=O) groups is 1. The molecule has 150 valence electrons. The van der Waals surface area contributed by atoms with Crippen molar-refractivity contribution in [3.63, 3.8) is 0 Å². The van der Waals surface area contributed by atoms with Gasteiger partial charge in [-0.25, -0.2) is 9.18 Å². The Morgan fingerprint density at radius 3 is 2.47 bits per heavy atom. The van der Waals surface area contributed by atoms with E-state index in [2.05, 4.69) is 5.32 Å². The maximum absolute atomic E-state index is 13.0. The molecule has 0 aliphatic rings. The molecule has 0 saturated carbocycles. The molecule has 0 unspecified atom stereocenters. The van der Waals surface area contributed by atoms with Crippen LogP contribution < -0.4 is 15.7 Å². The molecule has 1 aromatic heterocycles. The zero-order chi connectivity index (χ0) is 21.1. The van der Waals surface area contributed by atoms with Crippen LogP contribution in [0.1, 0.15) is 21.5 Å². The fourth-order valence-corrected chi connectivity index (χ4v) is 3.05. The predicted molar refractivity (Wildman–Crippen MR) is 112 cm³/mol. The Morgan fingerprint density at radius 2 is 1.73 bits per heavy atom. The number of nitrogens with one attached hydrogen (secondary N) is 1. The Bertz CT molecular complexity index is 1260. The van der Waals surface area contributed by atoms with Crippen LogP contribution in [0.15, 0.2) is 82.0 Å². The van der Waals surface area contributed by atoms with Gasteiger partial charge in [0.1, 0.15) is 23.8 Å². The maximum Gasteiger partial charge on any atom is 0.336 e. The predicted octanol–water partition coefficient (Wildman–Crippen LogP) is 5.07. The Kier molecular flexibility index (Phi) is 5.30. The third kappa shape index (κ3) is 4.38. The highest BCUT2D eigenvalue weighted by Gasteiger charge is 2.08. The van der Waals surface area contributed by atoms with Gasteiger partial charge < -0.3 is 14.5 Å². The smallest absolute Gasteiger partial charge is 0.336 e. The van der Waals surface area contributed by atoms with E-state index in [0.29, 0.717) is 29.2 Å². The number of benzene rings is 3. The highest BCUT2D eigenvalue weighted by Crippen LogP contribution is 2.23. The van der Waals surface area contributed by atoms with Crippen LogP contribution in [0.5, 0.6) is 5.75 Å². The Morgan fingerprint density at radius 1 is 1.00 bits per heavy atom. The number of rotatable bonds is 5. The Labute approximate surface area is 171 Å². The molecule has 0 bridgehead atoms. The third-order valence-electron chi connectivity index (χ3n) is 4.65. The maximum atomic E-state index is 13.0. The van der Waals surface area contributed by atoms with Crippen LogP contribution in [0, 0.1) is 12.7 Å². The second kappa shape index (κ2) is 8.21. The summed E-state index contributed by atoms with van der Waals surface area (Å²) in [6.07, 6.45) is 0. The van der Waals surface area contributed by atoms with Crippen LogP contribution in [0.3, 0.4) is 0 Å². The van der Waals surface area contributed by atoms with Crippen molar-refractivity contribution in [2.24, 2.45) is 0 Å². The number of hydrogen-bond acceptors (Lipinski definition) is 4. The minimum Gasteiger partial charge on any atom is -0.489 e. The molecule has 0 radical (unpaired) electrons. The van der Waals surface area contributed by atoms with E-state index in [-0.39, 0.29) is 11.7 Å². The second-order valence-corrected chi connectivity index (χ2v) is 6.85. The van der Waals surface area contributed by atoms with Crippen LogP contribution in [0.25, 0.3) is 11.0 Å². The average Bonchev–Trinajstić information content (AvgIpc) is 2.74. The highest BCUT2D eigenvalue weighted by molar-refractivity contribution is 6.04. The molecule has 3 aromatic carbocycles. The van der Waals surface area contributed by atoms with Crippen LogP contribution in [0.4, 0.5) is 10.1 Å². The van der Waals surface area contributed by atoms with Crippen molar-refractivity contribution in [3.05, 3.63) is 106 Å². The zero-order valence-electron chi connectivity index (χ0n) is 16.1. The van der Waals surface area contributed by atoms with Gasteiger partial charge in [-0.05, 0) is 66.6 Å². The lowest BCUT2D eigenvalue weighted by molar-refractivity contribution is 0.102. The first kappa shape index (κ1) is 19.4. The Hall–Kier alpha value is -3.93. The molecular formula is C24H18FNO4. The summed E-state index contributed by atoms with van der Waals surface area (Å²) in [5.41, 5.74) is 2.80. The van der Waals surface area contributed by atoms with E-state index < -0.39 is 5.63 Å². The van der Waals surface area contributed by atoms with E-state index in [1.54, 1.807) is 30.3 Å². The quantitative estimate of drug-likeness (QED) is 0.472. The van der Waals surface area contributed by atoms with E-state index in [1.165, 1.54) is 30.3 Å². The molecule has 0 spiro atoms. The van der Waals surface area contributed by atoms with Crippen LogP contribution in [0.2, 0.25) is 0 Å². The highest BCUT2D eigenvalue weighted by atomic mass is 19.1. The molecule has 0 fully saturated rings. The summed E-state index contributed by atoms with van der Waals surface area (Å²) in [6.45, 7) is 2.15. The molecule has 30 heavy (non-hydrogen) atoms. The SMILES string of the molecule is Cc1cc(=O)oc2cc(OCc3ccc(C(=O)Nc4ccc(F)cc4)cc3)ccc12. The van der Waals surface area contributed by atoms with Crippen molar-refractivity contribution in [1.29, 1.82) is 0 Å². The molecule has 4 rings (SSSR count). The van der Waals surface area contributed by atoms with Gasteiger partial charge >= 0.3 is 5.63 Å². The molecule has 0 saturated heterocycles. The summed E-state index contributed by atoms with van der Waals surface area (Å²) in [5, 5.41) is 3.58. The first-order valence-corrected chi connectivity index (χ1v) is 9.31. The van der Waals surface area contributed by atoms with Gasteiger partial charge in [0.05, 0.1) is 0 Å². The topological polar surface area (TPSA) is 68.5 Å². The van der Waals surface area contributed by atoms with Gasteiger partial charge in [0.25, 0.3) is 5.91 Å². The molecule has 0 aliphatic heterocycles. The standard InChI is InChI=1S/C24H18FNO4/c1-15-12-23(27)30-22-13-20(10-11-21(15)22)29-14-16-2-4-17(5-3-16)24(28)26-19-8-6-18(25)7-9-19/h2-13H,14H2,1H3,(H,26,28). The molecule has 4 aromatic rings. The second-order valence-electron chi connectivity index (χ2n) is 6.85. The van der Waals surface area contributed by atoms with Crippen molar-refractivity contribution >= 4 is 22.6 Å². The molecule has 1 amide bonds. The number of amides is 1. The lowest BCUT2D eigenvalue weighted by Gasteiger charge is -2.09. The van der Waals surface area contributed by atoms with Crippen LogP contribution >= 0.6 is 0 Å².